The minimum atomic E-state index is 0. The molecule has 0 aliphatic carbocycles. The van der Waals surface area contributed by atoms with E-state index in [0.717, 1.165) is 25.2 Å². The maximum Gasteiger partial charge on any atom is 0.164 e. The summed E-state index contributed by atoms with van der Waals surface area (Å²) < 4.78 is 0. The summed E-state index contributed by atoms with van der Waals surface area (Å²) in [5.41, 5.74) is 2.26. The van der Waals surface area contributed by atoms with Gasteiger partial charge in [-0.2, -0.15) is 0 Å². The second-order valence-corrected chi connectivity index (χ2v) is 5.74. The van der Waals surface area contributed by atoms with Crippen LogP contribution in [-0.4, -0.2) is 30.3 Å². The number of carbonyl (C=O) groups is 1. The Kier molecular flexibility index (Phi) is 6.17. The summed E-state index contributed by atoms with van der Waals surface area (Å²) in [5.74, 6) is 0.872. The Balaban J connectivity index is 0.00000176. The van der Waals surface area contributed by atoms with Crippen molar-refractivity contribution < 1.29 is 17.2 Å². The molecule has 0 spiro atoms. The maximum absolute atomic E-state index is 12.1. The minimum absolute atomic E-state index is 0. The molecule has 1 heterocycles. The minimum Gasteiger partial charge on any atom is -1.00 e. The molecule has 0 bridgehead atoms. The smallest absolute Gasteiger partial charge is 0.164 e. The van der Waals surface area contributed by atoms with Crippen LogP contribution in [0, 0.1) is 0 Å². The predicted molar refractivity (Wildman–Crippen MR) is 85.6 cm³/mol. The van der Waals surface area contributed by atoms with E-state index in [-0.39, 0.29) is 18.2 Å². The number of hydrogen-bond acceptors (Lipinski definition) is 2. The summed E-state index contributed by atoms with van der Waals surface area (Å²) in [6.07, 6.45) is 1.81. The summed E-state index contributed by atoms with van der Waals surface area (Å²) in [7, 11) is 0. The van der Waals surface area contributed by atoms with Crippen LogP contribution in [0.15, 0.2) is 60.7 Å². The van der Waals surface area contributed by atoms with Crippen molar-refractivity contribution >= 4 is 5.78 Å². The number of rotatable bonds is 5. The normalized spacial score (nSPS) is 17.9. The first-order chi connectivity index (χ1) is 10.3. The number of benzene rings is 2. The van der Waals surface area contributed by atoms with Gasteiger partial charge in [0, 0.05) is 25.1 Å². The van der Waals surface area contributed by atoms with Gasteiger partial charge in [-0.1, -0.05) is 60.7 Å². The zero-order chi connectivity index (χ0) is 14.5. The van der Waals surface area contributed by atoms with E-state index in [1.54, 1.807) is 0 Å². The van der Waals surface area contributed by atoms with Crippen molar-refractivity contribution in [1.82, 2.24) is 4.90 Å². The van der Waals surface area contributed by atoms with Gasteiger partial charge in [0.15, 0.2) is 5.78 Å². The fraction of sp³-hybridized carbons (Fsp3) is 0.316. The van der Waals surface area contributed by atoms with E-state index in [1.165, 1.54) is 12.0 Å². The van der Waals surface area contributed by atoms with E-state index in [4.69, 9.17) is 0 Å². The zero-order valence-corrected chi connectivity index (χ0v) is 13.4. The summed E-state index contributed by atoms with van der Waals surface area (Å²) in [5, 5.41) is 0. The Labute approximate surface area is 138 Å². The van der Waals surface area contributed by atoms with Gasteiger partial charge in [0.1, 0.15) is 0 Å². The van der Waals surface area contributed by atoms with Gasteiger partial charge in [-0.05, 0) is 24.4 Å². The molecule has 1 unspecified atom stereocenters. The highest BCUT2D eigenvalue weighted by atomic mass is 35.5. The average Bonchev–Trinajstić information content (AvgIpc) is 3.03. The van der Waals surface area contributed by atoms with Gasteiger partial charge in [-0.15, -0.1) is 0 Å². The maximum atomic E-state index is 12.1. The standard InChI is InChI=1S/C19H21NO.ClH/c21-19(17-9-5-2-6-10-17)12-14-20-13-11-18(15-20)16-7-3-1-4-8-16;/h1-10,18H,11-15H2;1H/p-1. The van der Waals surface area contributed by atoms with Crippen LogP contribution in [0.4, 0.5) is 0 Å². The van der Waals surface area contributed by atoms with Crippen molar-refractivity contribution in [3.8, 4) is 0 Å². The number of hydrogen-bond donors (Lipinski definition) is 0. The summed E-state index contributed by atoms with van der Waals surface area (Å²) >= 11 is 0. The predicted octanol–water partition coefficient (Wildman–Crippen LogP) is 0.753. The molecule has 2 aromatic carbocycles. The Morgan fingerprint density at radius 1 is 1.00 bits per heavy atom. The van der Waals surface area contributed by atoms with E-state index >= 15 is 0 Å². The molecule has 0 N–H and O–H groups in total. The first-order valence-electron chi connectivity index (χ1n) is 7.68. The topological polar surface area (TPSA) is 20.3 Å². The van der Waals surface area contributed by atoms with Crippen molar-refractivity contribution in [2.45, 2.75) is 18.8 Å². The van der Waals surface area contributed by atoms with Crippen molar-refractivity contribution in [3.05, 3.63) is 71.8 Å². The van der Waals surface area contributed by atoms with Crippen LogP contribution in [-0.2, 0) is 0 Å². The van der Waals surface area contributed by atoms with Crippen LogP contribution in [0.25, 0.3) is 0 Å². The molecule has 116 valence electrons. The van der Waals surface area contributed by atoms with E-state index in [0.29, 0.717) is 12.3 Å². The summed E-state index contributed by atoms with van der Waals surface area (Å²) in [6.45, 7) is 3.05. The van der Waals surface area contributed by atoms with Crippen LogP contribution in [0.5, 0.6) is 0 Å². The molecule has 1 atom stereocenters. The van der Waals surface area contributed by atoms with E-state index < -0.39 is 0 Å². The van der Waals surface area contributed by atoms with Crippen molar-refractivity contribution in [2.75, 3.05) is 19.6 Å². The van der Waals surface area contributed by atoms with E-state index in [9.17, 15) is 4.79 Å². The first-order valence-corrected chi connectivity index (χ1v) is 7.68. The molecule has 2 nitrogen and oxygen atoms in total. The van der Waals surface area contributed by atoms with Gasteiger partial charge in [-0.25, -0.2) is 0 Å². The van der Waals surface area contributed by atoms with Crippen LogP contribution < -0.4 is 12.4 Å². The largest absolute Gasteiger partial charge is 1.00 e. The molecule has 1 aliphatic rings. The lowest BCUT2D eigenvalue weighted by molar-refractivity contribution is -0.0000122. The summed E-state index contributed by atoms with van der Waals surface area (Å²) in [6, 6.07) is 20.3. The van der Waals surface area contributed by atoms with Gasteiger partial charge in [0.05, 0.1) is 0 Å². The third-order valence-corrected chi connectivity index (χ3v) is 4.29. The van der Waals surface area contributed by atoms with E-state index in [1.807, 2.05) is 30.3 Å². The molecule has 2 aromatic rings. The lowest BCUT2D eigenvalue weighted by Crippen LogP contribution is -3.00. The molecular weight excluding hydrogens is 294 g/mol. The first kappa shape index (κ1) is 16.7. The highest BCUT2D eigenvalue weighted by Gasteiger charge is 2.23. The molecule has 22 heavy (non-hydrogen) atoms. The molecule has 0 saturated carbocycles. The highest BCUT2D eigenvalue weighted by Crippen LogP contribution is 2.26. The molecule has 1 fully saturated rings. The van der Waals surface area contributed by atoms with Gasteiger partial charge in [-0.3, -0.25) is 4.79 Å². The number of likely N-dealkylation sites (tertiary alicyclic amines) is 1. The molecule has 0 amide bonds. The van der Waals surface area contributed by atoms with Gasteiger partial charge >= 0.3 is 0 Å². The Morgan fingerprint density at radius 3 is 2.32 bits per heavy atom. The van der Waals surface area contributed by atoms with Crippen molar-refractivity contribution in [3.63, 3.8) is 0 Å². The number of Topliss-reactive ketones (excluding diaryl/α,β-unsaturated/α-hetero) is 1. The number of carbonyl (C=O) groups excluding carboxylic acids is 1. The molecule has 3 heteroatoms. The fourth-order valence-corrected chi connectivity index (χ4v) is 3.06. The Morgan fingerprint density at radius 2 is 1.64 bits per heavy atom. The van der Waals surface area contributed by atoms with Gasteiger partial charge in [0.25, 0.3) is 0 Å². The molecule has 0 aromatic heterocycles. The monoisotopic (exact) mass is 314 g/mol. The van der Waals surface area contributed by atoms with Crippen molar-refractivity contribution in [2.24, 2.45) is 0 Å². The van der Waals surface area contributed by atoms with Crippen molar-refractivity contribution in [1.29, 1.82) is 0 Å². The second-order valence-electron chi connectivity index (χ2n) is 5.74. The average molecular weight is 315 g/mol. The highest BCUT2D eigenvalue weighted by molar-refractivity contribution is 5.96. The van der Waals surface area contributed by atoms with Gasteiger partial charge < -0.3 is 17.3 Å². The molecule has 1 aliphatic heterocycles. The van der Waals surface area contributed by atoms with Crippen LogP contribution in [0.1, 0.15) is 34.7 Å². The second kappa shape index (κ2) is 8.11. The lowest BCUT2D eigenvalue weighted by atomic mass is 9.99. The Bertz CT molecular complexity index is 585. The Hall–Kier alpha value is -1.64. The van der Waals surface area contributed by atoms with Gasteiger partial charge in [0.2, 0.25) is 0 Å². The molecule has 3 rings (SSSR count). The fourth-order valence-electron chi connectivity index (χ4n) is 3.06. The van der Waals surface area contributed by atoms with Crippen LogP contribution in [0.2, 0.25) is 0 Å². The number of ketones is 1. The molecule has 1 saturated heterocycles. The third-order valence-electron chi connectivity index (χ3n) is 4.29. The quantitative estimate of drug-likeness (QED) is 0.759. The lowest BCUT2D eigenvalue weighted by Gasteiger charge is -2.15. The third kappa shape index (κ3) is 4.19. The number of halogens is 1. The van der Waals surface area contributed by atoms with E-state index in [2.05, 4.69) is 35.2 Å². The van der Waals surface area contributed by atoms with Crippen LogP contribution >= 0.6 is 0 Å². The SMILES string of the molecule is O=C(CCN1CCC(c2ccccc2)C1)c1ccccc1.[Cl-]. The molecular formula is C19H21ClNO-. The zero-order valence-electron chi connectivity index (χ0n) is 12.6. The van der Waals surface area contributed by atoms with Crippen LogP contribution in [0.3, 0.4) is 0 Å². The molecule has 0 radical (unpaired) electrons. The number of nitrogens with zero attached hydrogens (tertiary/aromatic N) is 1. The summed E-state index contributed by atoms with van der Waals surface area (Å²) in [4.78, 5) is 14.5.